The summed E-state index contributed by atoms with van der Waals surface area (Å²) in [7, 11) is 0. The first-order valence-corrected chi connectivity index (χ1v) is 17.4. The van der Waals surface area contributed by atoms with Crippen molar-refractivity contribution in [2.24, 2.45) is 0 Å². The number of para-hydroxylation sites is 4. The number of aromatic nitrogens is 2. The number of benzene rings is 7. The summed E-state index contributed by atoms with van der Waals surface area (Å²) >= 11 is 6.29. The molecule has 0 radical (unpaired) electrons. The van der Waals surface area contributed by atoms with Crippen LogP contribution in [0, 0.1) is 0 Å². The third-order valence-corrected chi connectivity index (χ3v) is 9.76. The summed E-state index contributed by atoms with van der Waals surface area (Å²) in [5, 5.41) is 5.02. The summed E-state index contributed by atoms with van der Waals surface area (Å²) in [6, 6.07) is 57.3. The molecule has 0 aliphatic carbocycles. The molecule has 9 rings (SSSR count). The minimum atomic E-state index is 0.370. The Hall–Kier alpha value is -5.97. The zero-order chi connectivity index (χ0) is 33.4. The van der Waals surface area contributed by atoms with E-state index in [2.05, 4.69) is 155 Å². The highest BCUT2D eigenvalue weighted by atomic mass is 35.5. The number of alkyl halides is 1. The van der Waals surface area contributed by atoms with Gasteiger partial charge in [-0.15, -0.1) is 11.6 Å². The zero-order valence-corrected chi connectivity index (χ0v) is 28.1. The van der Waals surface area contributed by atoms with Crippen LogP contribution >= 0.6 is 11.6 Å². The summed E-state index contributed by atoms with van der Waals surface area (Å²) in [5.74, 6) is 1.83. The Balaban J connectivity index is 0.901. The first kappa shape index (κ1) is 30.1. The summed E-state index contributed by atoms with van der Waals surface area (Å²) in [6.45, 7) is 0.867. The molecule has 0 bridgehead atoms. The Morgan fingerprint density at radius 1 is 0.380 bits per heavy atom. The predicted molar refractivity (Wildman–Crippen MR) is 206 cm³/mol. The summed E-state index contributed by atoms with van der Waals surface area (Å²) in [5.41, 5.74) is 10.1. The van der Waals surface area contributed by atoms with Crippen LogP contribution in [-0.2, 0) is 19.1 Å². The minimum absolute atomic E-state index is 0.370. The highest BCUT2D eigenvalue weighted by Crippen LogP contribution is 2.34. The topological polar surface area (TPSA) is 28.3 Å². The van der Waals surface area contributed by atoms with Crippen LogP contribution in [0.4, 0.5) is 0 Å². The molecule has 2 heterocycles. The van der Waals surface area contributed by atoms with E-state index in [1.54, 1.807) is 0 Å². The Bertz CT molecular complexity index is 2350. The van der Waals surface area contributed by atoms with Gasteiger partial charge in [0.05, 0.1) is 22.1 Å². The molecule has 0 unspecified atom stereocenters. The van der Waals surface area contributed by atoms with Crippen LogP contribution < -0.4 is 9.47 Å². The molecule has 0 saturated carbocycles. The molecular formula is C45H33ClN2O2. The Labute approximate surface area is 295 Å². The van der Waals surface area contributed by atoms with Gasteiger partial charge in [0.1, 0.15) is 24.7 Å². The second-order valence-electron chi connectivity index (χ2n) is 12.6. The lowest BCUT2D eigenvalue weighted by molar-refractivity contribution is 0.289. The number of rotatable bonds is 9. The van der Waals surface area contributed by atoms with Crippen LogP contribution in [0.2, 0.25) is 0 Å². The fourth-order valence-electron chi connectivity index (χ4n) is 7.09. The van der Waals surface area contributed by atoms with Crippen molar-refractivity contribution in [2.75, 3.05) is 0 Å². The number of fused-ring (bicyclic) bond motifs is 6. The quantitative estimate of drug-likeness (QED) is 0.143. The molecule has 0 N–H and O–H groups in total. The van der Waals surface area contributed by atoms with E-state index < -0.39 is 0 Å². The van der Waals surface area contributed by atoms with Crippen LogP contribution in [0.15, 0.2) is 164 Å². The summed E-state index contributed by atoms with van der Waals surface area (Å²) in [6.07, 6.45) is 0. The largest absolute Gasteiger partial charge is 0.489 e. The van der Waals surface area contributed by atoms with Crippen LogP contribution in [0.25, 0.3) is 55.0 Å². The molecule has 0 aliphatic heterocycles. The normalized spacial score (nSPS) is 11.5. The molecule has 0 aliphatic rings. The second-order valence-corrected chi connectivity index (χ2v) is 12.9. The Morgan fingerprint density at radius 3 is 1.06 bits per heavy atom. The van der Waals surface area contributed by atoms with Gasteiger partial charge < -0.3 is 18.6 Å². The van der Waals surface area contributed by atoms with Gasteiger partial charge in [-0.25, -0.2) is 0 Å². The maximum absolute atomic E-state index is 6.29. The lowest BCUT2D eigenvalue weighted by Crippen LogP contribution is -2.00. The minimum Gasteiger partial charge on any atom is -0.489 e. The number of ether oxygens (including phenoxy) is 2. The number of halogens is 1. The standard InChI is InChI=1S/C45H33ClN2O2/c46-28-33-25-36(49-29-31-17-21-34(22-18-31)47-42-13-5-1-9-38(42)39-10-2-6-14-43(39)47)27-37(26-33)50-30-32-19-23-35(24-20-32)48-44-15-7-3-11-40(44)41-12-4-8-16-45(41)48/h1-27H,28-30H2. The second kappa shape index (κ2) is 12.8. The number of hydrogen-bond acceptors (Lipinski definition) is 2. The van der Waals surface area contributed by atoms with Crippen LogP contribution in [0.5, 0.6) is 11.5 Å². The molecule has 0 atom stereocenters. The van der Waals surface area contributed by atoms with Crippen molar-refractivity contribution in [3.05, 3.63) is 180 Å². The fraction of sp³-hybridized carbons (Fsp3) is 0.0667. The van der Waals surface area contributed by atoms with Gasteiger partial charge in [0, 0.05) is 44.9 Å². The van der Waals surface area contributed by atoms with Gasteiger partial charge >= 0.3 is 0 Å². The van der Waals surface area contributed by atoms with Crippen LogP contribution in [0.3, 0.4) is 0 Å². The van der Waals surface area contributed by atoms with Gasteiger partial charge in [-0.05, 0) is 77.4 Å². The van der Waals surface area contributed by atoms with Crippen molar-refractivity contribution in [2.45, 2.75) is 19.1 Å². The van der Waals surface area contributed by atoms with E-state index >= 15 is 0 Å². The number of hydrogen-bond donors (Lipinski definition) is 0. The fourth-order valence-corrected chi connectivity index (χ4v) is 7.25. The van der Waals surface area contributed by atoms with Crippen molar-refractivity contribution >= 4 is 55.2 Å². The highest BCUT2D eigenvalue weighted by Gasteiger charge is 2.13. The van der Waals surface area contributed by atoms with Crippen molar-refractivity contribution in [1.29, 1.82) is 0 Å². The van der Waals surface area contributed by atoms with E-state index in [9.17, 15) is 0 Å². The molecule has 5 heteroatoms. The van der Waals surface area contributed by atoms with Gasteiger partial charge in [0.15, 0.2) is 0 Å². The van der Waals surface area contributed by atoms with E-state index in [1.807, 2.05) is 18.2 Å². The molecule has 242 valence electrons. The van der Waals surface area contributed by atoms with E-state index in [4.69, 9.17) is 21.1 Å². The van der Waals surface area contributed by atoms with Crippen molar-refractivity contribution in [1.82, 2.24) is 9.13 Å². The molecule has 0 spiro atoms. The van der Waals surface area contributed by atoms with E-state index in [1.165, 1.54) is 43.6 Å². The smallest absolute Gasteiger partial charge is 0.123 e. The summed E-state index contributed by atoms with van der Waals surface area (Å²) < 4.78 is 17.2. The third-order valence-electron chi connectivity index (χ3n) is 9.45. The maximum Gasteiger partial charge on any atom is 0.123 e. The zero-order valence-electron chi connectivity index (χ0n) is 27.3. The van der Waals surface area contributed by atoms with E-state index in [0.29, 0.717) is 19.1 Å². The molecule has 2 aromatic heterocycles. The first-order valence-electron chi connectivity index (χ1n) is 16.8. The molecular weight excluding hydrogens is 636 g/mol. The lowest BCUT2D eigenvalue weighted by Gasteiger charge is -2.13. The first-order chi connectivity index (χ1) is 24.7. The molecule has 50 heavy (non-hydrogen) atoms. The SMILES string of the molecule is ClCc1cc(OCc2ccc(-n3c4ccccc4c4ccccc43)cc2)cc(OCc2ccc(-n3c4ccccc4c4ccccc43)cc2)c1. The van der Waals surface area contributed by atoms with Gasteiger partial charge in [-0.2, -0.15) is 0 Å². The monoisotopic (exact) mass is 668 g/mol. The van der Waals surface area contributed by atoms with Crippen molar-refractivity contribution < 1.29 is 9.47 Å². The van der Waals surface area contributed by atoms with Crippen molar-refractivity contribution in [3.8, 4) is 22.9 Å². The number of nitrogens with zero attached hydrogens (tertiary/aromatic N) is 2. The van der Waals surface area contributed by atoms with Gasteiger partial charge in [0.2, 0.25) is 0 Å². The molecule has 7 aromatic carbocycles. The molecule has 0 saturated heterocycles. The Kier molecular flexibility index (Phi) is 7.72. The highest BCUT2D eigenvalue weighted by molar-refractivity contribution is 6.17. The average Bonchev–Trinajstić information content (AvgIpc) is 3.70. The van der Waals surface area contributed by atoms with Gasteiger partial charge in [0.25, 0.3) is 0 Å². The third kappa shape index (κ3) is 5.44. The predicted octanol–water partition coefficient (Wildman–Crippen LogP) is 11.8. The average molecular weight is 669 g/mol. The molecule has 0 fully saturated rings. The molecule has 4 nitrogen and oxygen atoms in total. The summed E-state index contributed by atoms with van der Waals surface area (Å²) in [4.78, 5) is 0. The maximum atomic E-state index is 6.29. The molecule has 9 aromatic rings. The van der Waals surface area contributed by atoms with Gasteiger partial charge in [-0.1, -0.05) is 97.1 Å². The van der Waals surface area contributed by atoms with E-state index in [0.717, 1.165) is 39.6 Å². The van der Waals surface area contributed by atoms with E-state index in [-0.39, 0.29) is 0 Å². The van der Waals surface area contributed by atoms with Crippen LogP contribution in [0.1, 0.15) is 16.7 Å². The van der Waals surface area contributed by atoms with Gasteiger partial charge in [-0.3, -0.25) is 0 Å². The van der Waals surface area contributed by atoms with Crippen molar-refractivity contribution in [3.63, 3.8) is 0 Å². The Morgan fingerprint density at radius 2 is 0.720 bits per heavy atom. The molecule has 0 amide bonds. The van der Waals surface area contributed by atoms with Crippen LogP contribution in [-0.4, -0.2) is 9.13 Å². The lowest BCUT2D eigenvalue weighted by atomic mass is 10.2.